The van der Waals surface area contributed by atoms with E-state index in [1.54, 1.807) is 0 Å². The number of aryl methyl sites for hydroxylation is 1. The average molecular weight is 268 g/mol. The van der Waals surface area contributed by atoms with E-state index in [0.29, 0.717) is 18.5 Å². The monoisotopic (exact) mass is 268 g/mol. The molecule has 1 fully saturated rings. The first-order valence-electron chi connectivity index (χ1n) is 7.03. The molecular formula is C16H16N2O2. The molecule has 0 atom stereocenters. The van der Waals surface area contributed by atoms with Gasteiger partial charge in [-0.15, -0.1) is 0 Å². The summed E-state index contributed by atoms with van der Waals surface area (Å²) in [7, 11) is 0. The highest BCUT2D eigenvalue weighted by Crippen LogP contribution is 2.33. The molecule has 1 aromatic carbocycles. The van der Waals surface area contributed by atoms with Gasteiger partial charge in [-0.25, -0.2) is 4.98 Å². The summed E-state index contributed by atoms with van der Waals surface area (Å²) in [5.41, 5.74) is 3.14. The van der Waals surface area contributed by atoms with Crippen molar-refractivity contribution in [1.82, 2.24) is 9.88 Å². The molecule has 0 saturated heterocycles. The van der Waals surface area contributed by atoms with Gasteiger partial charge in [0.2, 0.25) is 5.88 Å². The summed E-state index contributed by atoms with van der Waals surface area (Å²) in [5, 5.41) is 1.11. The van der Waals surface area contributed by atoms with E-state index in [4.69, 9.17) is 4.74 Å². The van der Waals surface area contributed by atoms with Gasteiger partial charge in [-0.2, -0.15) is 0 Å². The van der Waals surface area contributed by atoms with E-state index in [2.05, 4.69) is 24.0 Å². The molecule has 0 bridgehead atoms. The van der Waals surface area contributed by atoms with Crippen molar-refractivity contribution in [3.05, 3.63) is 35.4 Å². The summed E-state index contributed by atoms with van der Waals surface area (Å²) in [5.74, 6) is 0.684. The molecule has 1 aliphatic heterocycles. The summed E-state index contributed by atoms with van der Waals surface area (Å²) in [6, 6.07) is 8.68. The Kier molecular flexibility index (Phi) is 2.46. The number of carbonyl (C=O) groups excluding carboxylic acids is 1. The fourth-order valence-electron chi connectivity index (χ4n) is 2.76. The van der Waals surface area contributed by atoms with E-state index in [-0.39, 0.29) is 12.5 Å². The lowest BCUT2D eigenvalue weighted by molar-refractivity contribution is -0.133. The van der Waals surface area contributed by atoms with Gasteiger partial charge in [0.15, 0.2) is 6.61 Å². The van der Waals surface area contributed by atoms with Gasteiger partial charge in [-0.3, -0.25) is 4.79 Å². The van der Waals surface area contributed by atoms with Crippen LogP contribution in [0.4, 0.5) is 0 Å². The zero-order chi connectivity index (χ0) is 13.7. The molecule has 1 amide bonds. The zero-order valence-corrected chi connectivity index (χ0v) is 11.4. The smallest absolute Gasteiger partial charge is 0.261 e. The molecule has 0 radical (unpaired) electrons. The molecule has 0 N–H and O–H groups in total. The van der Waals surface area contributed by atoms with Gasteiger partial charge in [0, 0.05) is 17.0 Å². The molecule has 1 saturated carbocycles. The molecule has 1 aromatic heterocycles. The molecule has 2 heterocycles. The maximum Gasteiger partial charge on any atom is 0.261 e. The third kappa shape index (κ3) is 1.92. The molecule has 4 nitrogen and oxygen atoms in total. The molecule has 1 aliphatic carbocycles. The molecule has 102 valence electrons. The van der Waals surface area contributed by atoms with E-state index < -0.39 is 0 Å². The molecule has 4 rings (SSSR count). The number of ether oxygens (including phenoxy) is 1. The number of fused-ring (bicyclic) bond motifs is 2. The fourth-order valence-corrected chi connectivity index (χ4v) is 2.76. The summed E-state index contributed by atoms with van der Waals surface area (Å²) in [6.07, 6.45) is 2.22. The number of carbonyl (C=O) groups is 1. The minimum absolute atomic E-state index is 0.0748. The minimum atomic E-state index is 0.0748. The largest absolute Gasteiger partial charge is 0.467 e. The lowest BCUT2D eigenvalue weighted by Crippen LogP contribution is -2.34. The maximum absolute atomic E-state index is 12.1. The van der Waals surface area contributed by atoms with Crippen LogP contribution in [-0.4, -0.2) is 28.4 Å². The molecule has 0 spiro atoms. The standard InChI is InChI=1S/C16H16N2O2/c1-10-2-5-14-11(6-10)7-12-8-18(13-3-4-13)15(19)9-20-16(12)17-14/h2,5-7,13H,3-4,8-9H2,1H3. The molecule has 20 heavy (non-hydrogen) atoms. The van der Waals surface area contributed by atoms with Gasteiger partial charge < -0.3 is 9.64 Å². The van der Waals surface area contributed by atoms with Gasteiger partial charge in [-0.05, 0) is 38.0 Å². The number of nitrogens with zero attached hydrogens (tertiary/aromatic N) is 2. The van der Waals surface area contributed by atoms with Gasteiger partial charge >= 0.3 is 0 Å². The van der Waals surface area contributed by atoms with Crippen molar-refractivity contribution in [2.75, 3.05) is 6.61 Å². The van der Waals surface area contributed by atoms with Gasteiger partial charge in [0.1, 0.15) is 0 Å². The van der Waals surface area contributed by atoms with Crippen LogP contribution in [-0.2, 0) is 11.3 Å². The van der Waals surface area contributed by atoms with Crippen LogP contribution >= 0.6 is 0 Å². The van der Waals surface area contributed by atoms with Crippen LogP contribution in [0.5, 0.6) is 5.88 Å². The third-order valence-corrected chi connectivity index (χ3v) is 3.99. The maximum atomic E-state index is 12.1. The first kappa shape index (κ1) is 11.7. The Morgan fingerprint density at radius 3 is 2.95 bits per heavy atom. The predicted octanol–water partition coefficient (Wildman–Crippen LogP) is 2.43. The SMILES string of the molecule is Cc1ccc2nc3c(cc2c1)CN(C1CC1)C(=O)CO3. The Balaban J connectivity index is 1.81. The van der Waals surface area contributed by atoms with Crippen LogP contribution in [0.2, 0.25) is 0 Å². The van der Waals surface area contributed by atoms with Crippen LogP contribution in [0.1, 0.15) is 24.0 Å². The number of amides is 1. The minimum Gasteiger partial charge on any atom is -0.467 e. The van der Waals surface area contributed by atoms with Crippen LogP contribution in [0.3, 0.4) is 0 Å². The highest BCUT2D eigenvalue weighted by molar-refractivity contribution is 5.83. The second kappa shape index (κ2) is 4.20. The highest BCUT2D eigenvalue weighted by Gasteiger charge is 2.35. The summed E-state index contributed by atoms with van der Waals surface area (Å²) >= 11 is 0. The van der Waals surface area contributed by atoms with E-state index in [0.717, 1.165) is 29.3 Å². The van der Waals surface area contributed by atoms with Crippen LogP contribution < -0.4 is 4.74 Å². The van der Waals surface area contributed by atoms with E-state index in [1.807, 2.05) is 17.0 Å². The predicted molar refractivity (Wildman–Crippen MR) is 75.5 cm³/mol. The first-order valence-corrected chi connectivity index (χ1v) is 7.03. The number of benzene rings is 1. The number of hydrogen-bond acceptors (Lipinski definition) is 3. The number of hydrogen-bond donors (Lipinski definition) is 0. The normalized spacial score (nSPS) is 18.6. The highest BCUT2D eigenvalue weighted by atomic mass is 16.5. The van der Waals surface area contributed by atoms with Crippen LogP contribution in [0, 0.1) is 6.92 Å². The Bertz CT molecular complexity index is 707. The first-order chi connectivity index (χ1) is 9.70. The Morgan fingerprint density at radius 1 is 1.30 bits per heavy atom. The molecule has 2 aromatic rings. The second-order valence-corrected chi connectivity index (χ2v) is 5.69. The van der Waals surface area contributed by atoms with Crippen LogP contribution in [0.25, 0.3) is 10.9 Å². The van der Waals surface area contributed by atoms with Crippen molar-refractivity contribution >= 4 is 16.8 Å². The molecule has 0 unspecified atom stereocenters. The Morgan fingerprint density at radius 2 is 2.15 bits per heavy atom. The number of pyridine rings is 1. The summed E-state index contributed by atoms with van der Waals surface area (Å²) in [6.45, 7) is 2.80. The summed E-state index contributed by atoms with van der Waals surface area (Å²) in [4.78, 5) is 18.6. The Hall–Kier alpha value is -2.10. The summed E-state index contributed by atoms with van der Waals surface area (Å²) < 4.78 is 5.60. The van der Waals surface area contributed by atoms with E-state index >= 15 is 0 Å². The van der Waals surface area contributed by atoms with E-state index in [1.165, 1.54) is 5.56 Å². The van der Waals surface area contributed by atoms with Crippen molar-refractivity contribution in [3.63, 3.8) is 0 Å². The zero-order valence-electron chi connectivity index (χ0n) is 11.4. The van der Waals surface area contributed by atoms with Crippen LogP contribution in [0.15, 0.2) is 24.3 Å². The van der Waals surface area contributed by atoms with Gasteiger partial charge in [-0.1, -0.05) is 11.6 Å². The van der Waals surface area contributed by atoms with Crippen molar-refractivity contribution < 1.29 is 9.53 Å². The Labute approximate surface area is 117 Å². The topological polar surface area (TPSA) is 42.4 Å². The fraction of sp³-hybridized carbons (Fsp3) is 0.375. The van der Waals surface area contributed by atoms with Crippen molar-refractivity contribution in [2.45, 2.75) is 32.4 Å². The lowest BCUT2D eigenvalue weighted by Gasteiger charge is -2.18. The van der Waals surface area contributed by atoms with E-state index in [9.17, 15) is 4.79 Å². The molecule has 2 aliphatic rings. The van der Waals surface area contributed by atoms with Gasteiger partial charge in [0.05, 0.1) is 12.1 Å². The quantitative estimate of drug-likeness (QED) is 0.797. The lowest BCUT2D eigenvalue weighted by atomic mass is 10.1. The number of aromatic nitrogens is 1. The molecule has 4 heteroatoms. The van der Waals surface area contributed by atoms with Gasteiger partial charge in [0.25, 0.3) is 5.91 Å². The average Bonchev–Trinajstić information content (AvgIpc) is 3.25. The second-order valence-electron chi connectivity index (χ2n) is 5.69. The number of rotatable bonds is 1. The van der Waals surface area contributed by atoms with Crippen molar-refractivity contribution in [2.24, 2.45) is 0 Å². The third-order valence-electron chi connectivity index (χ3n) is 3.99. The van der Waals surface area contributed by atoms with Crippen molar-refractivity contribution in [1.29, 1.82) is 0 Å². The van der Waals surface area contributed by atoms with Crippen molar-refractivity contribution in [3.8, 4) is 5.88 Å². The molecular weight excluding hydrogens is 252 g/mol.